The smallest absolute Gasteiger partial charge is 0.295 e. The molecule has 0 bridgehead atoms. The number of aromatic hydroxyl groups is 1. The molecular weight excluding hydrogens is 494 g/mol. The standard InChI is InChI=1S/C24H24BrNO7/c1-4-10-33-16-7-5-14(6-8-16)21(27)19-20(26(9-11-31-2)24(30)23(19)29)15-12-17(25)22(28)18(13-15)32-3/h4-8,12-13,20,27-28H,1,9-11H2,2-3H3/b21-19+. The fourth-order valence-corrected chi connectivity index (χ4v) is 4.03. The number of ketones is 1. The molecule has 1 saturated heterocycles. The highest BCUT2D eigenvalue weighted by molar-refractivity contribution is 9.10. The summed E-state index contributed by atoms with van der Waals surface area (Å²) in [5.41, 5.74) is 0.746. The van der Waals surface area contributed by atoms with Gasteiger partial charge in [0.05, 0.1) is 29.8 Å². The summed E-state index contributed by atoms with van der Waals surface area (Å²) in [5.74, 6) is -1.30. The number of hydrogen-bond donors (Lipinski definition) is 2. The van der Waals surface area contributed by atoms with Gasteiger partial charge in [-0.3, -0.25) is 9.59 Å². The first kappa shape index (κ1) is 24.3. The number of ether oxygens (including phenoxy) is 3. The second-order valence-electron chi connectivity index (χ2n) is 7.16. The second kappa shape index (κ2) is 10.5. The normalized spacial score (nSPS) is 17.3. The maximum atomic E-state index is 13.0. The minimum atomic E-state index is -0.914. The first-order valence-electron chi connectivity index (χ1n) is 10.0. The number of phenolic OH excluding ortho intramolecular Hbond substituents is 1. The number of carbonyl (C=O) groups is 2. The van der Waals surface area contributed by atoms with Crippen LogP contribution in [-0.2, 0) is 14.3 Å². The van der Waals surface area contributed by atoms with Gasteiger partial charge in [-0.05, 0) is 57.9 Å². The summed E-state index contributed by atoms with van der Waals surface area (Å²) in [4.78, 5) is 27.2. The van der Waals surface area contributed by atoms with Gasteiger partial charge in [0, 0.05) is 19.2 Å². The van der Waals surface area contributed by atoms with Crippen LogP contribution in [-0.4, -0.2) is 60.8 Å². The third kappa shape index (κ3) is 4.89. The topological polar surface area (TPSA) is 106 Å². The van der Waals surface area contributed by atoms with Crippen molar-refractivity contribution in [3.63, 3.8) is 0 Å². The molecule has 0 aliphatic carbocycles. The number of halogens is 1. The van der Waals surface area contributed by atoms with E-state index >= 15 is 0 Å². The van der Waals surface area contributed by atoms with Crippen LogP contribution in [0.25, 0.3) is 5.76 Å². The molecule has 1 heterocycles. The number of hydrogen-bond acceptors (Lipinski definition) is 7. The van der Waals surface area contributed by atoms with Crippen LogP contribution in [0, 0.1) is 0 Å². The molecule has 33 heavy (non-hydrogen) atoms. The molecule has 2 aromatic carbocycles. The van der Waals surface area contributed by atoms with Gasteiger partial charge in [0.15, 0.2) is 11.5 Å². The number of aliphatic hydroxyl groups excluding tert-OH is 1. The number of benzene rings is 2. The summed E-state index contributed by atoms with van der Waals surface area (Å²) >= 11 is 3.28. The van der Waals surface area contributed by atoms with E-state index in [0.717, 1.165) is 0 Å². The van der Waals surface area contributed by atoms with E-state index in [2.05, 4.69) is 22.5 Å². The zero-order valence-electron chi connectivity index (χ0n) is 18.2. The fraction of sp³-hybridized carbons (Fsp3) is 0.250. The number of rotatable bonds is 9. The quantitative estimate of drug-likeness (QED) is 0.225. The zero-order valence-corrected chi connectivity index (χ0v) is 19.8. The number of nitrogens with zero attached hydrogens (tertiary/aromatic N) is 1. The van der Waals surface area contributed by atoms with E-state index in [1.165, 1.54) is 25.2 Å². The molecule has 9 heteroatoms. The molecule has 174 valence electrons. The first-order chi connectivity index (χ1) is 15.8. The highest BCUT2D eigenvalue weighted by Gasteiger charge is 2.46. The van der Waals surface area contributed by atoms with Crippen molar-refractivity contribution in [1.29, 1.82) is 0 Å². The predicted octanol–water partition coefficient (Wildman–Crippen LogP) is 3.80. The number of methoxy groups -OCH3 is 2. The Hall–Kier alpha value is -3.30. The van der Waals surface area contributed by atoms with Crippen LogP contribution >= 0.6 is 15.9 Å². The lowest BCUT2D eigenvalue weighted by molar-refractivity contribution is -0.140. The number of aliphatic hydroxyl groups is 1. The van der Waals surface area contributed by atoms with Crippen LogP contribution in [0.5, 0.6) is 17.2 Å². The minimum absolute atomic E-state index is 0.0736. The van der Waals surface area contributed by atoms with E-state index in [0.29, 0.717) is 28.0 Å². The Bertz CT molecular complexity index is 1090. The number of phenols is 1. The lowest BCUT2D eigenvalue weighted by atomic mass is 9.95. The van der Waals surface area contributed by atoms with Crippen molar-refractivity contribution >= 4 is 33.4 Å². The Kier molecular flexibility index (Phi) is 7.78. The van der Waals surface area contributed by atoms with E-state index in [1.54, 1.807) is 36.4 Å². The molecule has 0 saturated carbocycles. The predicted molar refractivity (Wildman–Crippen MR) is 125 cm³/mol. The lowest BCUT2D eigenvalue weighted by Crippen LogP contribution is -2.32. The maximum absolute atomic E-state index is 13.0. The third-order valence-electron chi connectivity index (χ3n) is 5.16. The van der Waals surface area contributed by atoms with Gasteiger partial charge in [-0.1, -0.05) is 12.7 Å². The number of amides is 1. The van der Waals surface area contributed by atoms with Crippen LogP contribution in [0.3, 0.4) is 0 Å². The van der Waals surface area contributed by atoms with Gasteiger partial charge >= 0.3 is 0 Å². The molecule has 2 aromatic rings. The van der Waals surface area contributed by atoms with E-state index in [-0.39, 0.29) is 36.0 Å². The van der Waals surface area contributed by atoms with Crippen molar-refractivity contribution in [2.24, 2.45) is 0 Å². The van der Waals surface area contributed by atoms with Gasteiger partial charge in [-0.15, -0.1) is 0 Å². The molecule has 1 amide bonds. The molecule has 8 nitrogen and oxygen atoms in total. The van der Waals surface area contributed by atoms with Crippen molar-refractivity contribution in [2.75, 3.05) is 34.0 Å². The van der Waals surface area contributed by atoms with Crippen LogP contribution in [0.1, 0.15) is 17.2 Å². The monoisotopic (exact) mass is 517 g/mol. The Morgan fingerprint density at radius 1 is 1.21 bits per heavy atom. The van der Waals surface area contributed by atoms with Gasteiger partial charge in [-0.25, -0.2) is 0 Å². The summed E-state index contributed by atoms with van der Waals surface area (Å²) in [6, 6.07) is 8.68. The maximum Gasteiger partial charge on any atom is 0.295 e. The summed E-state index contributed by atoms with van der Waals surface area (Å²) in [7, 11) is 2.88. The summed E-state index contributed by atoms with van der Waals surface area (Å²) < 4.78 is 16.1. The number of Topliss-reactive ketones (excluding diaryl/α,β-unsaturated/α-hetero) is 1. The number of carbonyl (C=O) groups excluding carboxylic acids is 2. The SMILES string of the molecule is C=CCOc1ccc(/C(O)=C2\C(=O)C(=O)N(CCOC)C2c2cc(Br)c(O)c(OC)c2)cc1. The first-order valence-corrected chi connectivity index (χ1v) is 10.8. The highest BCUT2D eigenvalue weighted by atomic mass is 79.9. The van der Waals surface area contributed by atoms with Crippen molar-refractivity contribution in [1.82, 2.24) is 4.90 Å². The largest absolute Gasteiger partial charge is 0.507 e. The average Bonchev–Trinajstić information content (AvgIpc) is 3.07. The molecule has 1 atom stereocenters. The average molecular weight is 518 g/mol. The molecule has 3 rings (SSSR count). The van der Waals surface area contributed by atoms with Crippen molar-refractivity contribution < 1.29 is 34.0 Å². The third-order valence-corrected chi connectivity index (χ3v) is 5.76. The van der Waals surface area contributed by atoms with E-state index in [1.807, 2.05) is 0 Å². The van der Waals surface area contributed by atoms with Gasteiger partial charge < -0.3 is 29.3 Å². The summed E-state index contributed by atoms with van der Waals surface area (Å²) in [6.45, 7) is 4.23. The number of likely N-dealkylation sites (tertiary alicyclic amines) is 1. The minimum Gasteiger partial charge on any atom is -0.507 e. The summed E-state index contributed by atoms with van der Waals surface area (Å²) in [6.07, 6.45) is 1.61. The lowest BCUT2D eigenvalue weighted by Gasteiger charge is -2.25. The zero-order chi connectivity index (χ0) is 24.1. The van der Waals surface area contributed by atoms with E-state index in [9.17, 15) is 19.8 Å². The molecule has 0 spiro atoms. The summed E-state index contributed by atoms with van der Waals surface area (Å²) in [5, 5.41) is 21.3. The molecule has 0 radical (unpaired) electrons. The Balaban J connectivity index is 2.14. The van der Waals surface area contributed by atoms with Crippen molar-refractivity contribution in [3.8, 4) is 17.2 Å². The molecule has 1 aliphatic heterocycles. The van der Waals surface area contributed by atoms with Gasteiger partial charge in [0.25, 0.3) is 11.7 Å². The Morgan fingerprint density at radius 3 is 2.52 bits per heavy atom. The fourth-order valence-electron chi connectivity index (χ4n) is 3.57. The Labute approximate surface area is 199 Å². The van der Waals surface area contributed by atoms with Gasteiger partial charge in [0.1, 0.15) is 18.1 Å². The molecule has 1 fully saturated rings. The molecule has 1 unspecified atom stereocenters. The van der Waals surface area contributed by atoms with Crippen molar-refractivity contribution in [2.45, 2.75) is 6.04 Å². The highest BCUT2D eigenvalue weighted by Crippen LogP contribution is 2.44. The Morgan fingerprint density at radius 2 is 1.91 bits per heavy atom. The van der Waals surface area contributed by atoms with Crippen molar-refractivity contribution in [3.05, 3.63) is 70.2 Å². The van der Waals surface area contributed by atoms with E-state index in [4.69, 9.17) is 14.2 Å². The molecule has 2 N–H and O–H groups in total. The van der Waals surface area contributed by atoms with Crippen LogP contribution in [0.15, 0.2) is 59.1 Å². The van der Waals surface area contributed by atoms with Crippen LogP contribution in [0.4, 0.5) is 0 Å². The van der Waals surface area contributed by atoms with E-state index < -0.39 is 17.7 Å². The van der Waals surface area contributed by atoms with Crippen LogP contribution in [0.2, 0.25) is 0 Å². The van der Waals surface area contributed by atoms with Gasteiger partial charge in [0.2, 0.25) is 0 Å². The molecule has 1 aliphatic rings. The molecule has 0 aromatic heterocycles. The second-order valence-corrected chi connectivity index (χ2v) is 8.02. The van der Waals surface area contributed by atoms with Crippen LogP contribution < -0.4 is 9.47 Å². The van der Waals surface area contributed by atoms with Gasteiger partial charge in [-0.2, -0.15) is 0 Å². The molecular formula is C24H24BrNO7.